The van der Waals surface area contributed by atoms with Crippen molar-refractivity contribution >= 4 is 0 Å². The number of hydrogen-bond acceptors (Lipinski definition) is 2. The van der Waals surface area contributed by atoms with Gasteiger partial charge in [0, 0.05) is 6.42 Å². The average Bonchev–Trinajstić information content (AvgIpc) is 2.46. The summed E-state index contributed by atoms with van der Waals surface area (Å²) in [6.45, 7) is 0. The van der Waals surface area contributed by atoms with E-state index in [1.54, 1.807) is 30.3 Å². The van der Waals surface area contributed by atoms with Crippen LogP contribution >= 0.6 is 0 Å². The van der Waals surface area contributed by atoms with Gasteiger partial charge in [-0.2, -0.15) is 13.2 Å². The second-order valence-electron chi connectivity index (χ2n) is 4.89. The van der Waals surface area contributed by atoms with E-state index in [-0.39, 0.29) is 5.75 Å². The summed E-state index contributed by atoms with van der Waals surface area (Å²) in [5.74, 6) is -0.00927. The number of aliphatic hydroxyl groups is 1. The van der Waals surface area contributed by atoms with E-state index in [0.717, 1.165) is 0 Å². The first kappa shape index (κ1) is 15.4. The van der Waals surface area contributed by atoms with Crippen LogP contribution in [0.15, 0.2) is 54.6 Å². The van der Waals surface area contributed by atoms with E-state index in [9.17, 15) is 23.4 Å². The highest BCUT2D eigenvalue weighted by Crippen LogP contribution is 2.37. The van der Waals surface area contributed by atoms with Crippen molar-refractivity contribution in [2.75, 3.05) is 0 Å². The standard InChI is InChI=1S/C16H15F3O2/c17-16(18,19)11-10-15(21,12-4-2-1-3-5-12)13-6-8-14(20)9-7-13/h1-9,20-21H,10-11H2. The van der Waals surface area contributed by atoms with Gasteiger partial charge in [-0.25, -0.2) is 0 Å². The molecule has 0 bridgehead atoms. The van der Waals surface area contributed by atoms with Crippen LogP contribution in [0.25, 0.3) is 0 Å². The lowest BCUT2D eigenvalue weighted by molar-refractivity contribution is -0.144. The second-order valence-corrected chi connectivity index (χ2v) is 4.89. The van der Waals surface area contributed by atoms with E-state index in [2.05, 4.69) is 0 Å². The lowest BCUT2D eigenvalue weighted by Gasteiger charge is -2.30. The van der Waals surface area contributed by atoms with Crippen molar-refractivity contribution in [2.45, 2.75) is 24.6 Å². The van der Waals surface area contributed by atoms with Crippen LogP contribution in [-0.4, -0.2) is 16.4 Å². The third-order valence-electron chi connectivity index (χ3n) is 3.37. The molecule has 0 amide bonds. The Kier molecular flexibility index (Phi) is 4.23. The topological polar surface area (TPSA) is 40.5 Å². The van der Waals surface area contributed by atoms with Crippen molar-refractivity contribution < 1.29 is 23.4 Å². The number of phenols is 1. The number of alkyl halides is 3. The Labute approximate surface area is 120 Å². The minimum Gasteiger partial charge on any atom is -0.508 e. The number of benzene rings is 2. The molecule has 1 unspecified atom stereocenters. The molecule has 2 aromatic rings. The number of aromatic hydroxyl groups is 1. The van der Waals surface area contributed by atoms with E-state index >= 15 is 0 Å². The van der Waals surface area contributed by atoms with Crippen LogP contribution in [0.1, 0.15) is 24.0 Å². The molecule has 0 saturated carbocycles. The molecule has 2 aromatic carbocycles. The Morgan fingerprint density at radius 2 is 1.29 bits per heavy atom. The lowest BCUT2D eigenvalue weighted by atomic mass is 9.82. The van der Waals surface area contributed by atoms with Gasteiger partial charge in [-0.15, -0.1) is 0 Å². The van der Waals surface area contributed by atoms with Gasteiger partial charge in [-0.3, -0.25) is 0 Å². The molecular formula is C16H15F3O2. The third-order valence-corrected chi connectivity index (χ3v) is 3.37. The normalized spacial score (nSPS) is 14.7. The van der Waals surface area contributed by atoms with Crippen LogP contribution < -0.4 is 0 Å². The highest BCUT2D eigenvalue weighted by atomic mass is 19.4. The van der Waals surface area contributed by atoms with Crippen LogP contribution in [-0.2, 0) is 5.60 Å². The zero-order valence-corrected chi connectivity index (χ0v) is 11.1. The Bertz CT molecular complexity index is 579. The molecule has 21 heavy (non-hydrogen) atoms. The fraction of sp³-hybridized carbons (Fsp3) is 0.250. The fourth-order valence-electron chi connectivity index (χ4n) is 2.23. The first-order valence-corrected chi connectivity index (χ1v) is 6.45. The molecule has 0 heterocycles. The van der Waals surface area contributed by atoms with Gasteiger partial charge in [0.2, 0.25) is 0 Å². The minimum atomic E-state index is -4.35. The van der Waals surface area contributed by atoms with Crippen molar-refractivity contribution in [1.82, 2.24) is 0 Å². The van der Waals surface area contributed by atoms with Crippen LogP contribution in [0.4, 0.5) is 13.2 Å². The molecule has 0 aromatic heterocycles. The Hall–Kier alpha value is -2.01. The molecule has 2 N–H and O–H groups in total. The summed E-state index contributed by atoms with van der Waals surface area (Å²) in [5.41, 5.74) is -1.04. The van der Waals surface area contributed by atoms with Crippen molar-refractivity contribution in [3.8, 4) is 5.75 Å². The maximum Gasteiger partial charge on any atom is 0.389 e. The van der Waals surface area contributed by atoms with E-state index in [1.165, 1.54) is 24.3 Å². The summed E-state index contributed by atoms with van der Waals surface area (Å²) in [6.07, 6.45) is -5.93. The van der Waals surface area contributed by atoms with Crippen molar-refractivity contribution in [3.05, 3.63) is 65.7 Å². The van der Waals surface area contributed by atoms with Gasteiger partial charge in [0.25, 0.3) is 0 Å². The molecule has 112 valence electrons. The van der Waals surface area contributed by atoms with Crippen molar-refractivity contribution in [2.24, 2.45) is 0 Å². The number of hydrogen-bond donors (Lipinski definition) is 2. The van der Waals surface area contributed by atoms with Crippen LogP contribution in [0.2, 0.25) is 0 Å². The maximum absolute atomic E-state index is 12.5. The number of halogens is 3. The molecule has 5 heteroatoms. The zero-order chi connectivity index (χ0) is 15.5. The molecular weight excluding hydrogens is 281 g/mol. The molecule has 0 spiro atoms. The minimum absolute atomic E-state index is 0.00927. The summed E-state index contributed by atoms with van der Waals surface area (Å²) in [5, 5.41) is 20.1. The van der Waals surface area contributed by atoms with Crippen molar-refractivity contribution in [3.63, 3.8) is 0 Å². The van der Waals surface area contributed by atoms with Crippen molar-refractivity contribution in [1.29, 1.82) is 0 Å². The zero-order valence-electron chi connectivity index (χ0n) is 11.1. The van der Waals surface area contributed by atoms with E-state index in [0.29, 0.717) is 11.1 Å². The summed E-state index contributed by atoms with van der Waals surface area (Å²) in [7, 11) is 0. The first-order chi connectivity index (χ1) is 9.81. The lowest BCUT2D eigenvalue weighted by Crippen LogP contribution is -2.29. The molecule has 0 radical (unpaired) electrons. The predicted molar refractivity (Wildman–Crippen MR) is 72.8 cm³/mol. The van der Waals surface area contributed by atoms with Crippen LogP contribution in [0.3, 0.4) is 0 Å². The van der Waals surface area contributed by atoms with Gasteiger partial charge in [0.05, 0.1) is 0 Å². The molecule has 0 saturated heterocycles. The molecule has 0 fully saturated rings. The Morgan fingerprint density at radius 3 is 1.81 bits per heavy atom. The fourth-order valence-corrected chi connectivity index (χ4v) is 2.23. The molecule has 0 aliphatic rings. The van der Waals surface area contributed by atoms with E-state index in [1.807, 2.05) is 0 Å². The van der Waals surface area contributed by atoms with Gasteiger partial charge in [0.15, 0.2) is 0 Å². The first-order valence-electron chi connectivity index (χ1n) is 6.45. The molecule has 2 rings (SSSR count). The summed E-state index contributed by atoms with van der Waals surface area (Å²) in [6, 6.07) is 13.8. The highest BCUT2D eigenvalue weighted by molar-refractivity contribution is 5.38. The number of phenolic OH excluding ortho intramolecular Hbond substituents is 1. The monoisotopic (exact) mass is 296 g/mol. The predicted octanol–water partition coefficient (Wildman–Crippen LogP) is 3.97. The van der Waals surface area contributed by atoms with E-state index in [4.69, 9.17) is 0 Å². The Morgan fingerprint density at radius 1 is 0.762 bits per heavy atom. The summed E-state index contributed by atoms with van der Waals surface area (Å²) < 4.78 is 37.6. The quantitative estimate of drug-likeness (QED) is 0.896. The smallest absolute Gasteiger partial charge is 0.389 e. The van der Waals surface area contributed by atoms with Gasteiger partial charge in [-0.1, -0.05) is 42.5 Å². The second kappa shape index (κ2) is 5.77. The average molecular weight is 296 g/mol. The van der Waals surface area contributed by atoms with E-state index < -0.39 is 24.6 Å². The molecule has 2 nitrogen and oxygen atoms in total. The largest absolute Gasteiger partial charge is 0.508 e. The highest BCUT2D eigenvalue weighted by Gasteiger charge is 2.37. The van der Waals surface area contributed by atoms with Gasteiger partial charge in [0.1, 0.15) is 11.4 Å². The maximum atomic E-state index is 12.5. The molecule has 0 aliphatic carbocycles. The van der Waals surface area contributed by atoms with Gasteiger partial charge < -0.3 is 10.2 Å². The summed E-state index contributed by atoms with van der Waals surface area (Å²) >= 11 is 0. The summed E-state index contributed by atoms with van der Waals surface area (Å²) in [4.78, 5) is 0. The molecule has 0 aliphatic heterocycles. The Balaban J connectivity index is 2.41. The molecule has 1 atom stereocenters. The van der Waals surface area contributed by atoms with Gasteiger partial charge in [-0.05, 0) is 29.7 Å². The van der Waals surface area contributed by atoms with Gasteiger partial charge >= 0.3 is 6.18 Å². The number of rotatable bonds is 4. The SMILES string of the molecule is Oc1ccc(C(O)(CCC(F)(F)F)c2ccccc2)cc1. The third kappa shape index (κ3) is 3.76. The van der Waals surface area contributed by atoms with Crippen LogP contribution in [0, 0.1) is 0 Å². The van der Waals surface area contributed by atoms with Crippen LogP contribution in [0.5, 0.6) is 5.75 Å².